The van der Waals surface area contributed by atoms with Gasteiger partial charge in [-0.05, 0) is 71.4 Å². The number of nitrogens with one attached hydrogen (secondary N) is 1. The van der Waals surface area contributed by atoms with Gasteiger partial charge < -0.3 is 14.4 Å². The lowest BCUT2D eigenvalue weighted by molar-refractivity contribution is 0.0634. The summed E-state index contributed by atoms with van der Waals surface area (Å²) in [6.07, 6.45) is 0.693. The lowest BCUT2D eigenvalue weighted by Gasteiger charge is -2.26. The lowest BCUT2D eigenvalue weighted by Crippen LogP contribution is -2.27. The minimum absolute atomic E-state index is 0.00529. The molecule has 7 nitrogen and oxygen atoms in total. The molecule has 3 rings (SSSR count). The highest BCUT2D eigenvalue weighted by atomic mass is 19.1. The Morgan fingerprint density at radius 1 is 1.03 bits per heavy atom. The topological polar surface area (TPSA) is 97.6 Å². The summed E-state index contributed by atoms with van der Waals surface area (Å²) in [6, 6.07) is 9.14. The van der Waals surface area contributed by atoms with Gasteiger partial charge in [0.05, 0.1) is 5.52 Å². The molecule has 8 heteroatoms. The Labute approximate surface area is 190 Å². The minimum Gasteiger partial charge on any atom is -0.477 e. The summed E-state index contributed by atoms with van der Waals surface area (Å²) in [5.41, 5.74) is -0.681. The number of nitrogens with zero attached hydrogens (tertiary/aromatic N) is 1. The second-order valence-electron chi connectivity index (χ2n) is 9.77. The molecule has 0 aliphatic heterocycles. The second-order valence-corrected chi connectivity index (χ2v) is 9.77. The largest absolute Gasteiger partial charge is 0.477 e. The van der Waals surface area contributed by atoms with Gasteiger partial charge in [-0.2, -0.15) is 0 Å². The van der Waals surface area contributed by atoms with Gasteiger partial charge in [0.15, 0.2) is 0 Å². The number of anilines is 1. The average molecular weight is 454 g/mol. The van der Waals surface area contributed by atoms with Crippen molar-refractivity contribution in [2.24, 2.45) is 0 Å². The lowest BCUT2D eigenvalue weighted by atomic mass is 9.99. The molecule has 0 atom stereocenters. The van der Waals surface area contributed by atoms with E-state index in [9.17, 15) is 19.5 Å². The Morgan fingerprint density at radius 2 is 1.64 bits per heavy atom. The third kappa shape index (κ3) is 5.22. The third-order valence-electron chi connectivity index (χ3n) is 4.89. The summed E-state index contributed by atoms with van der Waals surface area (Å²) in [7, 11) is 0. The van der Waals surface area contributed by atoms with E-state index in [1.165, 1.54) is 6.20 Å². The van der Waals surface area contributed by atoms with Crippen LogP contribution in [0.25, 0.3) is 22.0 Å². The maximum atomic E-state index is 15.1. The van der Waals surface area contributed by atoms with Crippen molar-refractivity contribution in [3.63, 3.8) is 0 Å². The molecule has 0 unspecified atom stereocenters. The van der Waals surface area contributed by atoms with Crippen LogP contribution in [0.2, 0.25) is 0 Å². The van der Waals surface area contributed by atoms with Crippen LogP contribution in [-0.4, -0.2) is 27.3 Å². The fraction of sp³-hybridized carbons (Fsp3) is 0.320. The van der Waals surface area contributed by atoms with Crippen molar-refractivity contribution in [1.82, 2.24) is 4.57 Å². The molecule has 0 aliphatic rings. The predicted octanol–water partition coefficient (Wildman–Crippen LogP) is 5.61. The van der Waals surface area contributed by atoms with Crippen LogP contribution in [0.5, 0.6) is 0 Å². The van der Waals surface area contributed by atoms with E-state index in [4.69, 9.17) is 4.74 Å². The highest BCUT2D eigenvalue weighted by molar-refractivity contribution is 5.94. The molecule has 0 radical (unpaired) electrons. The SMILES string of the molecule is CC(C)(C)OC(=O)Nc1ccc(-c2cc3c(cc2F)c(=O)c(C(=O)O)cn3C(C)(C)C)cc1. The van der Waals surface area contributed by atoms with E-state index in [2.05, 4.69) is 5.32 Å². The molecule has 2 aromatic carbocycles. The molecule has 0 saturated heterocycles. The van der Waals surface area contributed by atoms with Gasteiger partial charge in [-0.15, -0.1) is 0 Å². The average Bonchev–Trinajstić information content (AvgIpc) is 2.66. The first kappa shape index (κ1) is 24.0. The number of pyridine rings is 1. The predicted molar refractivity (Wildman–Crippen MR) is 125 cm³/mol. The van der Waals surface area contributed by atoms with Gasteiger partial charge in [-0.1, -0.05) is 12.1 Å². The Morgan fingerprint density at radius 3 is 2.15 bits per heavy atom. The van der Waals surface area contributed by atoms with Crippen molar-refractivity contribution in [2.75, 3.05) is 5.32 Å². The Balaban J connectivity index is 2.08. The summed E-state index contributed by atoms with van der Waals surface area (Å²) < 4.78 is 21.9. The van der Waals surface area contributed by atoms with Gasteiger partial charge in [0.1, 0.15) is 17.0 Å². The van der Waals surface area contributed by atoms with E-state index in [1.54, 1.807) is 55.7 Å². The number of ether oxygens (including phenoxy) is 1. The number of carboxylic acid groups (broad SMARTS) is 1. The summed E-state index contributed by atoms with van der Waals surface area (Å²) in [4.78, 5) is 36.2. The van der Waals surface area contributed by atoms with E-state index >= 15 is 4.39 Å². The number of hydrogen-bond donors (Lipinski definition) is 2. The van der Waals surface area contributed by atoms with Crippen molar-refractivity contribution >= 4 is 28.7 Å². The number of halogens is 1. The molecule has 0 aliphatic carbocycles. The van der Waals surface area contributed by atoms with Gasteiger partial charge in [0, 0.05) is 28.4 Å². The second kappa shape index (κ2) is 8.35. The zero-order valence-corrected chi connectivity index (χ0v) is 19.4. The van der Waals surface area contributed by atoms with Crippen LogP contribution in [0, 0.1) is 5.82 Å². The van der Waals surface area contributed by atoms with Crippen molar-refractivity contribution in [3.8, 4) is 11.1 Å². The number of benzene rings is 2. The molecule has 3 aromatic rings. The Hall–Kier alpha value is -3.68. The molecule has 174 valence electrons. The molecule has 0 saturated carbocycles. The van der Waals surface area contributed by atoms with E-state index < -0.39 is 40.0 Å². The molecule has 0 bridgehead atoms. The van der Waals surface area contributed by atoms with E-state index in [-0.39, 0.29) is 10.9 Å². The first-order valence-electron chi connectivity index (χ1n) is 10.4. The molecule has 0 fully saturated rings. The van der Waals surface area contributed by atoms with Gasteiger partial charge >= 0.3 is 12.1 Å². The van der Waals surface area contributed by atoms with E-state index in [0.717, 1.165) is 6.07 Å². The molecular weight excluding hydrogens is 427 g/mol. The zero-order valence-electron chi connectivity index (χ0n) is 19.4. The van der Waals surface area contributed by atoms with Crippen LogP contribution in [0.1, 0.15) is 51.9 Å². The number of fused-ring (bicyclic) bond motifs is 1. The Kier molecular flexibility index (Phi) is 6.06. The molecular formula is C25H27FN2O5. The molecule has 0 spiro atoms. The zero-order chi connectivity index (χ0) is 24.7. The van der Waals surface area contributed by atoms with E-state index in [1.807, 2.05) is 20.8 Å². The number of hydrogen-bond acceptors (Lipinski definition) is 4. The van der Waals surface area contributed by atoms with Crippen molar-refractivity contribution in [1.29, 1.82) is 0 Å². The Bertz CT molecular complexity index is 1300. The number of carbonyl (C=O) groups is 2. The summed E-state index contributed by atoms with van der Waals surface area (Å²) >= 11 is 0. The fourth-order valence-electron chi connectivity index (χ4n) is 3.43. The van der Waals surface area contributed by atoms with Crippen molar-refractivity contribution < 1.29 is 23.8 Å². The van der Waals surface area contributed by atoms with Crippen molar-refractivity contribution in [3.05, 3.63) is 64.2 Å². The van der Waals surface area contributed by atoms with Crippen LogP contribution in [0.15, 0.2) is 47.4 Å². The van der Waals surface area contributed by atoms with Crippen LogP contribution in [0.3, 0.4) is 0 Å². The van der Waals surface area contributed by atoms with Crippen LogP contribution in [-0.2, 0) is 10.3 Å². The third-order valence-corrected chi connectivity index (χ3v) is 4.89. The first-order valence-corrected chi connectivity index (χ1v) is 10.4. The first-order chi connectivity index (χ1) is 15.2. The number of aromatic carboxylic acids is 1. The minimum atomic E-state index is -1.36. The monoisotopic (exact) mass is 454 g/mol. The van der Waals surface area contributed by atoms with E-state index in [0.29, 0.717) is 16.8 Å². The highest BCUT2D eigenvalue weighted by Crippen LogP contribution is 2.30. The molecule has 1 aromatic heterocycles. The van der Waals surface area contributed by atoms with Gasteiger partial charge in [0.25, 0.3) is 0 Å². The van der Waals surface area contributed by atoms with Gasteiger partial charge in [-0.3, -0.25) is 10.1 Å². The quantitative estimate of drug-likeness (QED) is 0.536. The summed E-state index contributed by atoms with van der Waals surface area (Å²) in [6.45, 7) is 10.9. The van der Waals surface area contributed by atoms with Crippen LogP contribution >= 0.6 is 0 Å². The van der Waals surface area contributed by atoms with Crippen LogP contribution in [0.4, 0.5) is 14.9 Å². The van der Waals surface area contributed by atoms with Gasteiger partial charge in [-0.25, -0.2) is 14.0 Å². The number of amides is 1. The smallest absolute Gasteiger partial charge is 0.412 e. The number of aromatic nitrogens is 1. The molecule has 1 heterocycles. The number of carboxylic acids is 1. The maximum absolute atomic E-state index is 15.1. The summed E-state index contributed by atoms with van der Waals surface area (Å²) in [5, 5.41) is 12.0. The molecule has 33 heavy (non-hydrogen) atoms. The maximum Gasteiger partial charge on any atom is 0.412 e. The highest BCUT2D eigenvalue weighted by Gasteiger charge is 2.23. The van der Waals surface area contributed by atoms with Crippen LogP contribution < -0.4 is 10.7 Å². The molecule has 2 N–H and O–H groups in total. The normalized spacial score (nSPS) is 12.0. The van der Waals surface area contributed by atoms with Crippen molar-refractivity contribution in [2.45, 2.75) is 52.7 Å². The number of carbonyl (C=O) groups excluding carboxylic acids is 1. The summed E-state index contributed by atoms with van der Waals surface area (Å²) in [5.74, 6) is -2.02. The molecule has 1 amide bonds. The fourth-order valence-corrected chi connectivity index (χ4v) is 3.43. The number of rotatable bonds is 3. The van der Waals surface area contributed by atoms with Gasteiger partial charge in [0.2, 0.25) is 5.43 Å². The standard InChI is InChI=1S/C25H27FN2O5/c1-24(2,3)28-13-18(22(30)31)21(29)17-11-19(26)16(12-20(17)28)14-7-9-15(10-8-14)27-23(32)33-25(4,5)6/h7-13H,1-6H3,(H,27,32)(H,30,31).